The number of nitrogens with one attached hydrogen (secondary N) is 2. The smallest absolute Gasteiger partial charge is 0.201 e. The van der Waals surface area contributed by atoms with Crippen molar-refractivity contribution in [3.05, 3.63) is 120 Å². The maximum atomic E-state index is 11.1. The third kappa shape index (κ3) is 3.13. The first-order chi connectivity index (χ1) is 13.3. The Kier molecular flexibility index (Phi) is 4.54. The van der Waals surface area contributed by atoms with E-state index in [2.05, 4.69) is 51.7 Å². The summed E-state index contributed by atoms with van der Waals surface area (Å²) in [5.41, 5.74) is 2.99. The van der Waals surface area contributed by atoms with Gasteiger partial charge in [0.2, 0.25) is 5.95 Å². The van der Waals surface area contributed by atoms with E-state index in [1.165, 1.54) is 6.20 Å². The number of carbonyl (C=O) groups excluding carboxylic acids is 1. The van der Waals surface area contributed by atoms with Crippen molar-refractivity contribution in [2.24, 2.45) is 0 Å². The second-order valence-electron chi connectivity index (χ2n) is 6.28. The standard InChI is InChI=1S/C23H19N3O/c27-17-21-16-24-22(25-21)26-23(18-10-4-1-5-11-18,19-12-6-2-7-13-19)20-14-8-3-9-15-20/h1-17H,(H2,24,25,26). The number of nitrogens with zero attached hydrogens (tertiary/aromatic N) is 1. The molecule has 2 N–H and O–H groups in total. The first-order valence-electron chi connectivity index (χ1n) is 8.78. The van der Waals surface area contributed by atoms with Crippen molar-refractivity contribution >= 4 is 12.2 Å². The van der Waals surface area contributed by atoms with E-state index in [0.717, 1.165) is 23.0 Å². The highest BCUT2D eigenvalue weighted by atomic mass is 16.1. The summed E-state index contributed by atoms with van der Waals surface area (Å²) in [5, 5.41) is 3.57. The van der Waals surface area contributed by atoms with Crippen molar-refractivity contribution in [1.82, 2.24) is 9.97 Å². The van der Waals surface area contributed by atoms with Crippen molar-refractivity contribution in [3.63, 3.8) is 0 Å². The summed E-state index contributed by atoms with van der Waals surface area (Å²) in [6, 6.07) is 30.7. The van der Waals surface area contributed by atoms with Gasteiger partial charge in [0.05, 0.1) is 11.9 Å². The molecule has 3 aromatic carbocycles. The summed E-state index contributed by atoms with van der Waals surface area (Å²) in [7, 11) is 0. The quantitative estimate of drug-likeness (QED) is 0.393. The highest BCUT2D eigenvalue weighted by Crippen LogP contribution is 2.39. The van der Waals surface area contributed by atoms with Crippen LogP contribution in [-0.2, 0) is 5.54 Å². The van der Waals surface area contributed by atoms with Crippen molar-refractivity contribution in [3.8, 4) is 0 Å². The Morgan fingerprint density at radius 2 is 1.19 bits per heavy atom. The van der Waals surface area contributed by atoms with E-state index >= 15 is 0 Å². The third-order valence-electron chi connectivity index (χ3n) is 4.65. The second kappa shape index (κ2) is 7.30. The lowest BCUT2D eigenvalue weighted by Crippen LogP contribution is -2.38. The first-order valence-corrected chi connectivity index (χ1v) is 8.78. The molecule has 0 fully saturated rings. The summed E-state index contributed by atoms with van der Waals surface area (Å²) in [6.07, 6.45) is 2.29. The molecule has 1 aromatic heterocycles. The van der Waals surface area contributed by atoms with E-state index in [-0.39, 0.29) is 0 Å². The Hall–Kier alpha value is -3.66. The maximum absolute atomic E-state index is 11.1. The Morgan fingerprint density at radius 1 is 0.741 bits per heavy atom. The van der Waals surface area contributed by atoms with Gasteiger partial charge in [-0.15, -0.1) is 0 Å². The van der Waals surface area contributed by atoms with Crippen LogP contribution >= 0.6 is 0 Å². The van der Waals surface area contributed by atoms with E-state index in [0.29, 0.717) is 11.6 Å². The predicted octanol–water partition coefficient (Wildman–Crippen LogP) is 4.63. The van der Waals surface area contributed by atoms with Crippen LogP contribution in [0.3, 0.4) is 0 Å². The minimum atomic E-state index is -0.665. The van der Waals surface area contributed by atoms with Gasteiger partial charge in [0.15, 0.2) is 6.29 Å². The molecular weight excluding hydrogens is 334 g/mol. The van der Waals surface area contributed by atoms with Crippen molar-refractivity contribution in [2.45, 2.75) is 5.54 Å². The van der Waals surface area contributed by atoms with Gasteiger partial charge in [0.25, 0.3) is 0 Å². The highest BCUT2D eigenvalue weighted by Gasteiger charge is 2.37. The second-order valence-corrected chi connectivity index (χ2v) is 6.28. The fraction of sp³-hybridized carbons (Fsp3) is 0.0435. The number of hydrogen-bond acceptors (Lipinski definition) is 3. The van der Waals surface area contributed by atoms with Crippen LogP contribution in [0.4, 0.5) is 5.95 Å². The number of rotatable bonds is 6. The van der Waals surface area contributed by atoms with Crippen LogP contribution in [0.5, 0.6) is 0 Å². The van der Waals surface area contributed by atoms with Crippen molar-refractivity contribution < 1.29 is 4.79 Å². The van der Waals surface area contributed by atoms with Gasteiger partial charge in [-0.05, 0) is 16.7 Å². The normalized spacial score (nSPS) is 11.1. The van der Waals surface area contributed by atoms with E-state index in [1.54, 1.807) is 0 Å². The van der Waals surface area contributed by atoms with Crippen LogP contribution in [0.15, 0.2) is 97.2 Å². The molecule has 1 heterocycles. The van der Waals surface area contributed by atoms with Gasteiger partial charge in [0, 0.05) is 0 Å². The van der Waals surface area contributed by atoms with Crippen molar-refractivity contribution in [2.75, 3.05) is 5.32 Å². The average molecular weight is 353 g/mol. The van der Waals surface area contributed by atoms with E-state index in [9.17, 15) is 4.79 Å². The topological polar surface area (TPSA) is 57.8 Å². The zero-order valence-corrected chi connectivity index (χ0v) is 14.7. The molecule has 0 atom stereocenters. The van der Waals surface area contributed by atoms with Gasteiger partial charge in [-0.1, -0.05) is 91.0 Å². The average Bonchev–Trinajstić information content (AvgIpc) is 3.21. The molecule has 4 heteroatoms. The number of aromatic amines is 1. The van der Waals surface area contributed by atoms with Gasteiger partial charge >= 0.3 is 0 Å². The van der Waals surface area contributed by atoms with Crippen LogP contribution in [0.25, 0.3) is 0 Å². The van der Waals surface area contributed by atoms with Gasteiger partial charge in [-0.25, -0.2) is 4.98 Å². The summed E-state index contributed by atoms with van der Waals surface area (Å²) in [6.45, 7) is 0. The summed E-state index contributed by atoms with van der Waals surface area (Å²) in [5.74, 6) is 0.536. The molecule has 0 spiro atoms. The lowest BCUT2D eigenvalue weighted by atomic mass is 9.77. The van der Waals surface area contributed by atoms with E-state index in [1.807, 2.05) is 54.6 Å². The Morgan fingerprint density at radius 3 is 1.56 bits per heavy atom. The maximum Gasteiger partial charge on any atom is 0.201 e. The van der Waals surface area contributed by atoms with Crippen LogP contribution in [0.1, 0.15) is 27.2 Å². The summed E-state index contributed by atoms with van der Waals surface area (Å²) < 4.78 is 0. The SMILES string of the molecule is O=Cc1cnc(NC(c2ccccc2)(c2ccccc2)c2ccccc2)[nH]1. The molecule has 0 amide bonds. The van der Waals surface area contributed by atoms with Gasteiger partial charge < -0.3 is 10.3 Å². The summed E-state index contributed by atoms with van der Waals surface area (Å²) >= 11 is 0. The molecule has 4 aromatic rings. The lowest BCUT2D eigenvalue weighted by molar-refractivity contribution is 0.111. The van der Waals surface area contributed by atoms with Gasteiger partial charge in [-0.3, -0.25) is 4.79 Å². The molecule has 0 saturated carbocycles. The third-order valence-corrected chi connectivity index (χ3v) is 4.65. The molecule has 4 rings (SSSR count). The van der Waals surface area contributed by atoms with Crippen LogP contribution in [-0.4, -0.2) is 16.3 Å². The molecule has 0 aliphatic rings. The Labute approximate surface area is 157 Å². The Bertz CT molecular complexity index is 915. The number of benzene rings is 3. The molecule has 0 unspecified atom stereocenters. The molecule has 132 valence electrons. The highest BCUT2D eigenvalue weighted by molar-refractivity contribution is 5.72. The number of H-pyrrole nitrogens is 1. The van der Waals surface area contributed by atoms with E-state index in [4.69, 9.17) is 0 Å². The number of carbonyl (C=O) groups is 1. The molecule has 0 aliphatic heterocycles. The minimum absolute atomic E-state index is 0.431. The molecule has 27 heavy (non-hydrogen) atoms. The minimum Gasteiger partial charge on any atom is -0.338 e. The zero-order chi connectivity index (χ0) is 18.5. The number of hydrogen-bond donors (Lipinski definition) is 2. The number of aldehydes is 1. The van der Waals surface area contributed by atoms with Crippen molar-refractivity contribution in [1.29, 1.82) is 0 Å². The zero-order valence-electron chi connectivity index (χ0n) is 14.7. The number of aromatic nitrogens is 2. The fourth-order valence-electron chi connectivity index (χ4n) is 3.42. The predicted molar refractivity (Wildman–Crippen MR) is 107 cm³/mol. The van der Waals surface area contributed by atoms with Gasteiger partial charge in [0.1, 0.15) is 5.54 Å². The fourth-order valence-corrected chi connectivity index (χ4v) is 3.42. The molecule has 0 bridgehead atoms. The monoisotopic (exact) mass is 353 g/mol. The lowest BCUT2D eigenvalue weighted by Gasteiger charge is -2.36. The number of anilines is 1. The number of imidazole rings is 1. The van der Waals surface area contributed by atoms with Crippen LogP contribution < -0.4 is 5.32 Å². The van der Waals surface area contributed by atoms with Crippen LogP contribution in [0, 0.1) is 0 Å². The summed E-state index contributed by atoms with van der Waals surface area (Å²) in [4.78, 5) is 18.5. The van der Waals surface area contributed by atoms with Gasteiger partial charge in [-0.2, -0.15) is 0 Å². The Balaban J connectivity index is 1.98. The molecule has 0 saturated heterocycles. The van der Waals surface area contributed by atoms with E-state index < -0.39 is 5.54 Å². The largest absolute Gasteiger partial charge is 0.338 e. The molecule has 4 nitrogen and oxygen atoms in total. The molecule has 0 radical (unpaired) electrons. The van der Waals surface area contributed by atoms with Crippen LogP contribution in [0.2, 0.25) is 0 Å². The molecular formula is C23H19N3O. The first kappa shape index (κ1) is 16.8. The molecule has 0 aliphatic carbocycles.